The SMILES string of the molecule is O=c1ccn(Br)n(Br)c1=O. The van der Waals surface area contributed by atoms with Crippen molar-refractivity contribution in [2.45, 2.75) is 0 Å². The van der Waals surface area contributed by atoms with Crippen LogP contribution in [0.3, 0.4) is 0 Å². The number of halogens is 2. The van der Waals surface area contributed by atoms with Crippen LogP contribution < -0.4 is 11.0 Å². The van der Waals surface area contributed by atoms with Crippen molar-refractivity contribution >= 4 is 32.3 Å². The van der Waals surface area contributed by atoms with Crippen molar-refractivity contribution < 1.29 is 0 Å². The summed E-state index contributed by atoms with van der Waals surface area (Å²) < 4.78 is 2.26. The maximum absolute atomic E-state index is 10.7. The minimum Gasteiger partial charge on any atom is -0.284 e. The van der Waals surface area contributed by atoms with Crippen LogP contribution in [-0.2, 0) is 0 Å². The standard InChI is InChI=1S/C4H2Br2N2O2/c5-7-2-1-3(9)4(10)8(7)6/h1-2H. The normalized spacial score (nSPS) is 9.80. The summed E-state index contributed by atoms with van der Waals surface area (Å²) in [4.78, 5) is 21.3. The predicted molar refractivity (Wildman–Crippen MR) is 43.6 cm³/mol. The molecule has 0 saturated carbocycles. The van der Waals surface area contributed by atoms with E-state index in [1.807, 2.05) is 0 Å². The Morgan fingerprint density at radius 1 is 1.30 bits per heavy atom. The van der Waals surface area contributed by atoms with E-state index in [1.54, 1.807) is 0 Å². The van der Waals surface area contributed by atoms with Gasteiger partial charge in [-0.05, 0) is 0 Å². The molecule has 0 atom stereocenters. The van der Waals surface area contributed by atoms with E-state index in [4.69, 9.17) is 0 Å². The average Bonchev–Trinajstić information content (AvgIpc) is 1.93. The quantitative estimate of drug-likeness (QED) is 0.637. The van der Waals surface area contributed by atoms with Gasteiger partial charge in [-0.1, -0.05) is 0 Å². The van der Waals surface area contributed by atoms with Gasteiger partial charge in [0.05, 0.1) is 32.3 Å². The van der Waals surface area contributed by atoms with Crippen LogP contribution >= 0.6 is 32.3 Å². The first-order valence-electron chi connectivity index (χ1n) is 2.30. The predicted octanol–water partition coefficient (Wildman–Crippen LogP) is 0.326. The zero-order valence-corrected chi connectivity index (χ0v) is 7.79. The second kappa shape index (κ2) is 2.71. The molecule has 0 fully saturated rings. The lowest BCUT2D eigenvalue weighted by atomic mass is 10.6. The number of hydrogen-bond acceptors (Lipinski definition) is 2. The van der Waals surface area contributed by atoms with Gasteiger partial charge in [0, 0.05) is 12.3 Å². The zero-order valence-electron chi connectivity index (χ0n) is 4.62. The summed E-state index contributed by atoms with van der Waals surface area (Å²) in [6.07, 6.45) is 1.42. The first-order chi connectivity index (χ1) is 4.63. The van der Waals surface area contributed by atoms with Gasteiger partial charge >= 0.3 is 5.56 Å². The lowest BCUT2D eigenvalue weighted by molar-refractivity contribution is 0.880. The molecule has 0 aliphatic rings. The third-order valence-electron chi connectivity index (χ3n) is 0.895. The Hall–Kier alpha value is -0.360. The molecule has 0 aliphatic carbocycles. The molecule has 1 aromatic rings. The first-order valence-corrected chi connectivity index (χ1v) is 3.72. The van der Waals surface area contributed by atoms with Gasteiger partial charge in [0.15, 0.2) is 0 Å². The van der Waals surface area contributed by atoms with Gasteiger partial charge in [-0.25, -0.2) is 3.71 Å². The monoisotopic (exact) mass is 268 g/mol. The molecule has 10 heavy (non-hydrogen) atoms. The smallest absolute Gasteiger partial charge is 0.284 e. The second-order valence-corrected chi connectivity index (χ2v) is 2.93. The topological polar surface area (TPSA) is 44.0 Å². The average molecular weight is 270 g/mol. The molecule has 0 spiro atoms. The third-order valence-corrected chi connectivity index (χ3v) is 2.54. The molecule has 0 unspecified atom stereocenters. The summed E-state index contributed by atoms with van der Waals surface area (Å²) in [6, 6.07) is 1.18. The van der Waals surface area contributed by atoms with Gasteiger partial charge in [0.2, 0.25) is 5.43 Å². The van der Waals surface area contributed by atoms with Gasteiger partial charge in [-0.15, -0.1) is 0 Å². The van der Waals surface area contributed by atoms with Crippen molar-refractivity contribution in [2.75, 3.05) is 0 Å². The molecule has 0 saturated heterocycles. The minimum atomic E-state index is -0.626. The van der Waals surface area contributed by atoms with Crippen LogP contribution in [0.15, 0.2) is 21.9 Å². The molecule has 6 heteroatoms. The number of aromatic nitrogens is 2. The Labute approximate surface area is 72.7 Å². The highest BCUT2D eigenvalue weighted by atomic mass is 79.9. The van der Waals surface area contributed by atoms with E-state index < -0.39 is 11.0 Å². The number of hydrogen-bond donors (Lipinski definition) is 0. The Balaban J connectivity index is 3.66. The third kappa shape index (κ3) is 1.22. The molecule has 4 nitrogen and oxygen atoms in total. The Morgan fingerprint density at radius 3 is 2.40 bits per heavy atom. The molecule has 0 amide bonds. The van der Waals surface area contributed by atoms with Gasteiger partial charge in [-0.3, -0.25) is 9.59 Å². The van der Waals surface area contributed by atoms with Crippen molar-refractivity contribution in [3.63, 3.8) is 0 Å². The summed E-state index contributed by atoms with van der Waals surface area (Å²) in [5.41, 5.74) is -1.17. The molecule has 0 bridgehead atoms. The lowest BCUT2D eigenvalue weighted by Crippen LogP contribution is -2.32. The zero-order chi connectivity index (χ0) is 7.72. The maximum atomic E-state index is 10.7. The molecule has 0 aromatic carbocycles. The summed E-state index contributed by atoms with van der Waals surface area (Å²) in [5.74, 6) is 0. The lowest BCUT2D eigenvalue weighted by Gasteiger charge is -1.97. The molecule has 1 heterocycles. The van der Waals surface area contributed by atoms with E-state index in [9.17, 15) is 9.59 Å². The van der Waals surface area contributed by atoms with Crippen LogP contribution in [0, 0.1) is 0 Å². The molecule has 1 rings (SSSR count). The van der Waals surface area contributed by atoms with E-state index >= 15 is 0 Å². The molecular weight excluding hydrogens is 268 g/mol. The summed E-state index contributed by atoms with van der Waals surface area (Å²) in [5, 5.41) is 0. The second-order valence-electron chi connectivity index (χ2n) is 1.53. The molecule has 0 radical (unpaired) electrons. The molecule has 0 N–H and O–H groups in total. The minimum absolute atomic E-state index is 0.549. The van der Waals surface area contributed by atoms with Gasteiger partial charge < -0.3 is 0 Å². The van der Waals surface area contributed by atoms with Crippen LogP contribution in [-0.4, -0.2) is 7.42 Å². The van der Waals surface area contributed by atoms with E-state index in [0.717, 1.165) is 3.71 Å². The fraction of sp³-hybridized carbons (Fsp3) is 0. The molecular formula is C4H2Br2N2O2. The Kier molecular flexibility index (Phi) is 2.10. The highest BCUT2D eigenvalue weighted by Crippen LogP contribution is 1.91. The van der Waals surface area contributed by atoms with E-state index in [1.165, 1.54) is 16.0 Å². The summed E-state index contributed by atoms with van der Waals surface area (Å²) in [6.45, 7) is 0. The van der Waals surface area contributed by atoms with E-state index in [2.05, 4.69) is 32.3 Å². The van der Waals surface area contributed by atoms with Crippen molar-refractivity contribution in [2.24, 2.45) is 0 Å². The summed E-state index contributed by atoms with van der Waals surface area (Å²) in [7, 11) is 0. The Bertz CT molecular complexity index is 353. The highest BCUT2D eigenvalue weighted by Gasteiger charge is 1.97. The van der Waals surface area contributed by atoms with Crippen LogP contribution in [0.1, 0.15) is 0 Å². The van der Waals surface area contributed by atoms with Gasteiger partial charge in [0.1, 0.15) is 0 Å². The molecule has 1 aromatic heterocycles. The molecule has 54 valence electrons. The van der Waals surface area contributed by atoms with Crippen LogP contribution in [0.4, 0.5) is 0 Å². The van der Waals surface area contributed by atoms with E-state index in [-0.39, 0.29) is 0 Å². The molecule has 0 aliphatic heterocycles. The largest absolute Gasteiger partial charge is 0.324 e. The van der Waals surface area contributed by atoms with Crippen LogP contribution in [0.25, 0.3) is 0 Å². The first kappa shape index (κ1) is 7.74. The van der Waals surface area contributed by atoms with Gasteiger partial charge in [-0.2, -0.15) is 3.71 Å². The number of rotatable bonds is 0. The van der Waals surface area contributed by atoms with Crippen molar-refractivity contribution in [3.8, 4) is 0 Å². The van der Waals surface area contributed by atoms with Crippen LogP contribution in [0.5, 0.6) is 0 Å². The van der Waals surface area contributed by atoms with Crippen LogP contribution in [0.2, 0.25) is 0 Å². The van der Waals surface area contributed by atoms with E-state index in [0.29, 0.717) is 0 Å². The van der Waals surface area contributed by atoms with Crippen molar-refractivity contribution in [1.29, 1.82) is 0 Å². The Morgan fingerprint density at radius 2 is 1.90 bits per heavy atom. The van der Waals surface area contributed by atoms with Crippen molar-refractivity contribution in [1.82, 2.24) is 7.42 Å². The highest BCUT2D eigenvalue weighted by molar-refractivity contribution is 9.10. The fourth-order valence-electron chi connectivity index (χ4n) is 0.437. The summed E-state index contributed by atoms with van der Waals surface area (Å²) >= 11 is 5.82. The van der Waals surface area contributed by atoms with Gasteiger partial charge in [0.25, 0.3) is 0 Å². The fourth-order valence-corrected chi connectivity index (χ4v) is 0.979. The number of nitrogens with zero attached hydrogens (tertiary/aromatic N) is 2. The van der Waals surface area contributed by atoms with Crippen molar-refractivity contribution in [3.05, 3.63) is 32.8 Å². The maximum Gasteiger partial charge on any atom is 0.324 e.